The van der Waals surface area contributed by atoms with Crippen LogP contribution in [0, 0.1) is 6.92 Å². The van der Waals surface area contributed by atoms with Crippen LogP contribution in [0.2, 0.25) is 0 Å². The molecule has 2 atom stereocenters. The van der Waals surface area contributed by atoms with Gasteiger partial charge in [-0.25, -0.2) is 0 Å². The molecule has 0 fully saturated rings. The van der Waals surface area contributed by atoms with Gasteiger partial charge in [0.1, 0.15) is 0 Å². The standard InChI is InChI=1S/C23H26NO3P/c1-18-9-11-20(12-10-18)23(25)28(26,27-17-19-7-5-4-6-8-19)22-15-13-21(14-16-22)24(2)3/h4-16,23,25H,17H2,1-3H3/t23-,28+/m0/s1. The van der Waals surface area contributed by atoms with Gasteiger partial charge in [-0.05, 0) is 42.3 Å². The third-order valence-electron chi connectivity index (χ3n) is 4.69. The molecular weight excluding hydrogens is 369 g/mol. The first-order chi connectivity index (χ1) is 13.4. The van der Waals surface area contributed by atoms with Gasteiger partial charge in [0.25, 0.3) is 7.37 Å². The predicted molar refractivity (Wildman–Crippen MR) is 115 cm³/mol. The second-order valence-corrected chi connectivity index (χ2v) is 9.51. The first-order valence-electron chi connectivity index (χ1n) is 9.21. The molecule has 3 aromatic rings. The lowest BCUT2D eigenvalue weighted by Crippen LogP contribution is -2.16. The van der Waals surface area contributed by atoms with Crippen LogP contribution in [0.15, 0.2) is 78.9 Å². The number of aryl methyl sites for hydroxylation is 1. The van der Waals surface area contributed by atoms with E-state index < -0.39 is 13.2 Å². The highest BCUT2D eigenvalue weighted by Gasteiger charge is 2.36. The largest absolute Gasteiger partial charge is 0.378 e. The molecular formula is C23H26NO3P. The van der Waals surface area contributed by atoms with Gasteiger partial charge in [0, 0.05) is 25.1 Å². The highest BCUT2D eigenvalue weighted by molar-refractivity contribution is 7.67. The Morgan fingerprint density at radius 1 is 0.929 bits per heavy atom. The Hall–Kier alpha value is -2.39. The van der Waals surface area contributed by atoms with Crippen molar-refractivity contribution in [2.75, 3.05) is 19.0 Å². The number of benzene rings is 3. The number of hydrogen-bond donors (Lipinski definition) is 1. The van der Waals surface area contributed by atoms with E-state index in [9.17, 15) is 9.67 Å². The van der Waals surface area contributed by atoms with Gasteiger partial charge in [-0.1, -0.05) is 60.2 Å². The molecule has 0 spiro atoms. The van der Waals surface area contributed by atoms with Crippen LogP contribution < -0.4 is 10.2 Å². The summed E-state index contributed by atoms with van der Waals surface area (Å²) in [6.45, 7) is 2.14. The van der Waals surface area contributed by atoms with Crippen molar-refractivity contribution in [3.05, 3.63) is 95.6 Å². The molecule has 0 saturated carbocycles. The summed E-state index contributed by atoms with van der Waals surface area (Å²) in [6, 6.07) is 24.3. The van der Waals surface area contributed by atoms with Gasteiger partial charge in [-0.15, -0.1) is 0 Å². The van der Waals surface area contributed by atoms with Crippen molar-refractivity contribution in [3.63, 3.8) is 0 Å². The van der Waals surface area contributed by atoms with E-state index in [2.05, 4.69) is 0 Å². The lowest BCUT2D eigenvalue weighted by atomic mass is 10.2. The van der Waals surface area contributed by atoms with Gasteiger partial charge < -0.3 is 14.5 Å². The molecule has 0 amide bonds. The van der Waals surface area contributed by atoms with Crippen LogP contribution in [0.1, 0.15) is 22.5 Å². The van der Waals surface area contributed by atoms with E-state index in [1.54, 1.807) is 24.3 Å². The Labute approximate surface area is 166 Å². The van der Waals surface area contributed by atoms with E-state index in [0.717, 1.165) is 16.8 Å². The number of aliphatic hydroxyl groups is 1. The average molecular weight is 395 g/mol. The molecule has 0 radical (unpaired) electrons. The summed E-state index contributed by atoms with van der Waals surface area (Å²) in [6.07, 6.45) is 0. The summed E-state index contributed by atoms with van der Waals surface area (Å²) in [5, 5.41) is 11.5. The van der Waals surface area contributed by atoms with Gasteiger partial charge in [-0.2, -0.15) is 0 Å². The maximum Gasteiger partial charge on any atom is 0.264 e. The zero-order chi connectivity index (χ0) is 20.1. The monoisotopic (exact) mass is 395 g/mol. The summed E-state index contributed by atoms with van der Waals surface area (Å²) in [5.74, 6) is -1.23. The Balaban J connectivity index is 1.96. The fraction of sp³-hybridized carbons (Fsp3) is 0.217. The molecule has 146 valence electrons. The lowest BCUT2D eigenvalue weighted by molar-refractivity contribution is 0.210. The molecule has 0 bridgehead atoms. The molecule has 0 aliphatic carbocycles. The number of nitrogens with zero attached hydrogens (tertiary/aromatic N) is 1. The molecule has 0 aromatic heterocycles. The molecule has 1 N–H and O–H groups in total. The number of rotatable bonds is 7. The normalized spacial score (nSPS) is 14.3. The molecule has 3 aromatic carbocycles. The van der Waals surface area contributed by atoms with Crippen molar-refractivity contribution < 1.29 is 14.2 Å². The molecule has 0 unspecified atom stereocenters. The third kappa shape index (κ3) is 4.53. The number of aliphatic hydroxyl groups excluding tert-OH is 1. The van der Waals surface area contributed by atoms with Crippen molar-refractivity contribution in [1.82, 2.24) is 0 Å². The highest BCUT2D eigenvalue weighted by atomic mass is 31.2. The summed E-state index contributed by atoms with van der Waals surface area (Å²) < 4.78 is 19.9. The third-order valence-corrected chi connectivity index (χ3v) is 7.16. The maximum atomic E-state index is 14.0. The minimum Gasteiger partial charge on any atom is -0.378 e. The van der Waals surface area contributed by atoms with Crippen LogP contribution in [-0.2, 0) is 15.7 Å². The minimum absolute atomic E-state index is 0.163. The van der Waals surface area contributed by atoms with Gasteiger partial charge in [0.2, 0.25) is 0 Å². The molecule has 0 saturated heterocycles. The average Bonchev–Trinajstić information content (AvgIpc) is 2.73. The smallest absolute Gasteiger partial charge is 0.264 e. The van der Waals surface area contributed by atoms with Crippen molar-refractivity contribution in [2.24, 2.45) is 0 Å². The van der Waals surface area contributed by atoms with E-state index in [-0.39, 0.29) is 6.61 Å². The SMILES string of the molecule is Cc1ccc([C@@H](O)[P@](=O)(OCc2ccccc2)c2ccc(N(C)C)cc2)cc1. The van der Waals surface area contributed by atoms with Crippen molar-refractivity contribution in [3.8, 4) is 0 Å². The van der Waals surface area contributed by atoms with Crippen LogP contribution in [0.4, 0.5) is 5.69 Å². The Kier molecular flexibility index (Phi) is 6.35. The molecule has 0 aliphatic rings. The van der Waals surface area contributed by atoms with Crippen LogP contribution in [0.3, 0.4) is 0 Å². The zero-order valence-corrected chi connectivity index (χ0v) is 17.3. The fourth-order valence-electron chi connectivity index (χ4n) is 2.92. The first kappa shape index (κ1) is 20.3. The summed E-state index contributed by atoms with van der Waals surface area (Å²) >= 11 is 0. The molecule has 0 aliphatic heterocycles. The summed E-state index contributed by atoms with van der Waals surface area (Å²) in [4.78, 5) is 1.97. The summed E-state index contributed by atoms with van der Waals surface area (Å²) in [7, 11) is 0.314. The molecule has 28 heavy (non-hydrogen) atoms. The Morgan fingerprint density at radius 2 is 1.54 bits per heavy atom. The van der Waals surface area contributed by atoms with Crippen molar-refractivity contribution >= 4 is 18.4 Å². The fourth-order valence-corrected chi connectivity index (χ4v) is 4.97. The van der Waals surface area contributed by atoms with Crippen LogP contribution in [0.25, 0.3) is 0 Å². The number of anilines is 1. The van der Waals surface area contributed by atoms with E-state index >= 15 is 0 Å². The highest BCUT2D eigenvalue weighted by Crippen LogP contribution is 2.58. The van der Waals surface area contributed by atoms with E-state index in [1.807, 2.05) is 80.5 Å². The van der Waals surface area contributed by atoms with Crippen molar-refractivity contribution in [2.45, 2.75) is 19.4 Å². The molecule has 0 heterocycles. The van der Waals surface area contributed by atoms with Gasteiger partial charge in [0.05, 0.1) is 6.61 Å². The Bertz CT molecular complexity index is 938. The molecule has 5 heteroatoms. The first-order valence-corrected chi connectivity index (χ1v) is 10.9. The quantitative estimate of drug-likeness (QED) is 0.580. The van der Waals surface area contributed by atoms with Crippen molar-refractivity contribution in [1.29, 1.82) is 0 Å². The zero-order valence-electron chi connectivity index (χ0n) is 16.4. The molecule has 4 nitrogen and oxygen atoms in total. The summed E-state index contributed by atoms with van der Waals surface area (Å²) in [5.41, 5.74) is 3.55. The van der Waals surface area contributed by atoms with E-state index in [4.69, 9.17) is 4.52 Å². The van der Waals surface area contributed by atoms with Gasteiger partial charge in [-0.3, -0.25) is 4.57 Å². The van der Waals surface area contributed by atoms with E-state index in [1.165, 1.54) is 0 Å². The second-order valence-electron chi connectivity index (χ2n) is 7.05. The maximum absolute atomic E-state index is 14.0. The van der Waals surface area contributed by atoms with Crippen LogP contribution >= 0.6 is 7.37 Å². The second kappa shape index (κ2) is 8.74. The topological polar surface area (TPSA) is 49.8 Å². The predicted octanol–water partition coefficient (Wildman–Crippen LogP) is 4.87. The van der Waals surface area contributed by atoms with Gasteiger partial charge >= 0.3 is 0 Å². The number of hydrogen-bond acceptors (Lipinski definition) is 4. The Morgan fingerprint density at radius 3 is 2.11 bits per heavy atom. The van der Waals surface area contributed by atoms with E-state index in [0.29, 0.717) is 10.9 Å². The van der Waals surface area contributed by atoms with Gasteiger partial charge in [0.15, 0.2) is 5.85 Å². The lowest BCUT2D eigenvalue weighted by Gasteiger charge is -2.25. The van der Waals surface area contributed by atoms with Crippen LogP contribution in [-0.4, -0.2) is 19.2 Å². The van der Waals surface area contributed by atoms with Crippen LogP contribution in [0.5, 0.6) is 0 Å². The molecule has 3 rings (SSSR count). The minimum atomic E-state index is -3.58.